The van der Waals surface area contributed by atoms with Crippen LogP contribution in [0.5, 0.6) is 5.75 Å². The van der Waals surface area contributed by atoms with E-state index in [1.165, 1.54) is 11.3 Å². The van der Waals surface area contributed by atoms with Crippen molar-refractivity contribution in [2.45, 2.75) is 32.5 Å². The maximum Gasteiger partial charge on any atom is 0.264 e. The molecule has 0 saturated carbocycles. The summed E-state index contributed by atoms with van der Waals surface area (Å²) in [4.78, 5) is 30.8. The van der Waals surface area contributed by atoms with Crippen molar-refractivity contribution < 1.29 is 14.3 Å². The van der Waals surface area contributed by atoms with Gasteiger partial charge >= 0.3 is 0 Å². The SMILES string of the molecule is COc1cccc(C2c3cccn3CCN2C(=O)CN(C(=O)c2cccs2)C(C)C)c1. The minimum Gasteiger partial charge on any atom is -0.497 e. The summed E-state index contributed by atoms with van der Waals surface area (Å²) >= 11 is 1.40. The van der Waals surface area contributed by atoms with E-state index in [2.05, 4.69) is 10.6 Å². The quantitative estimate of drug-likeness (QED) is 0.585. The Kier molecular flexibility index (Phi) is 6.13. The normalized spacial score (nSPS) is 15.6. The van der Waals surface area contributed by atoms with E-state index in [0.717, 1.165) is 23.6 Å². The van der Waals surface area contributed by atoms with Crippen LogP contribution in [0.2, 0.25) is 0 Å². The van der Waals surface area contributed by atoms with Crippen molar-refractivity contribution >= 4 is 23.2 Å². The third-order valence-corrected chi connectivity index (χ3v) is 6.55. The van der Waals surface area contributed by atoms with Crippen LogP contribution in [0.1, 0.15) is 40.8 Å². The fourth-order valence-corrected chi connectivity index (χ4v) is 4.76. The Morgan fingerprint density at radius 1 is 1.16 bits per heavy atom. The van der Waals surface area contributed by atoms with Crippen molar-refractivity contribution in [3.05, 3.63) is 76.2 Å². The third-order valence-electron chi connectivity index (χ3n) is 5.69. The lowest BCUT2D eigenvalue weighted by Crippen LogP contribution is -2.49. The Labute approximate surface area is 186 Å². The highest BCUT2D eigenvalue weighted by molar-refractivity contribution is 7.12. The summed E-state index contributed by atoms with van der Waals surface area (Å²) in [5.74, 6) is 0.598. The molecule has 3 aromatic rings. The first-order valence-corrected chi connectivity index (χ1v) is 11.3. The molecule has 0 radical (unpaired) electrons. The molecule has 7 heteroatoms. The molecule has 0 aliphatic carbocycles. The van der Waals surface area contributed by atoms with E-state index >= 15 is 0 Å². The molecule has 0 saturated heterocycles. The molecule has 1 atom stereocenters. The summed E-state index contributed by atoms with van der Waals surface area (Å²) in [6.45, 7) is 5.26. The van der Waals surface area contributed by atoms with Gasteiger partial charge < -0.3 is 19.1 Å². The number of hydrogen-bond donors (Lipinski definition) is 0. The van der Waals surface area contributed by atoms with Gasteiger partial charge in [-0.05, 0) is 55.1 Å². The number of carbonyl (C=O) groups is 2. The van der Waals surface area contributed by atoms with E-state index in [1.807, 2.05) is 66.7 Å². The molecule has 0 N–H and O–H groups in total. The number of hydrogen-bond acceptors (Lipinski definition) is 4. The summed E-state index contributed by atoms with van der Waals surface area (Å²) in [6.07, 6.45) is 2.05. The first kappa shape index (κ1) is 21.2. The van der Waals surface area contributed by atoms with Crippen molar-refractivity contribution in [1.29, 1.82) is 0 Å². The Morgan fingerprint density at radius 3 is 2.71 bits per heavy atom. The summed E-state index contributed by atoms with van der Waals surface area (Å²) < 4.78 is 7.60. The Bertz CT molecular complexity index is 1060. The highest BCUT2D eigenvalue weighted by Crippen LogP contribution is 2.34. The molecular weight excluding hydrogens is 410 g/mol. The van der Waals surface area contributed by atoms with Crippen LogP contribution in [0.4, 0.5) is 0 Å². The molecule has 31 heavy (non-hydrogen) atoms. The smallest absolute Gasteiger partial charge is 0.264 e. The van der Waals surface area contributed by atoms with E-state index < -0.39 is 0 Å². The van der Waals surface area contributed by atoms with Gasteiger partial charge in [0.25, 0.3) is 5.91 Å². The number of nitrogens with zero attached hydrogens (tertiary/aromatic N) is 3. The molecule has 0 bridgehead atoms. The van der Waals surface area contributed by atoms with Gasteiger partial charge in [-0.1, -0.05) is 18.2 Å². The van der Waals surface area contributed by atoms with Gasteiger partial charge in [0, 0.05) is 31.0 Å². The summed E-state index contributed by atoms with van der Waals surface area (Å²) in [5, 5.41) is 1.88. The van der Waals surface area contributed by atoms with Gasteiger partial charge in [-0.3, -0.25) is 9.59 Å². The first-order chi connectivity index (χ1) is 15.0. The van der Waals surface area contributed by atoms with E-state index in [-0.39, 0.29) is 30.4 Å². The molecule has 162 valence electrons. The van der Waals surface area contributed by atoms with Crippen molar-refractivity contribution in [1.82, 2.24) is 14.4 Å². The monoisotopic (exact) mass is 437 g/mol. The zero-order chi connectivity index (χ0) is 22.0. The predicted molar refractivity (Wildman–Crippen MR) is 121 cm³/mol. The number of amides is 2. The maximum absolute atomic E-state index is 13.6. The lowest BCUT2D eigenvalue weighted by molar-refractivity contribution is -0.135. The minimum absolute atomic E-state index is 0.0512. The van der Waals surface area contributed by atoms with Crippen molar-refractivity contribution in [3.8, 4) is 5.75 Å². The molecular formula is C24H27N3O3S. The van der Waals surface area contributed by atoms with Gasteiger partial charge in [0.15, 0.2) is 0 Å². The van der Waals surface area contributed by atoms with Gasteiger partial charge in [0.2, 0.25) is 5.91 Å². The number of aromatic nitrogens is 1. The molecule has 3 heterocycles. The van der Waals surface area contributed by atoms with Crippen LogP contribution in [-0.2, 0) is 11.3 Å². The largest absolute Gasteiger partial charge is 0.497 e. The molecule has 1 unspecified atom stereocenters. The second-order valence-corrected chi connectivity index (χ2v) is 8.84. The van der Waals surface area contributed by atoms with Crippen LogP contribution in [0.25, 0.3) is 0 Å². The second kappa shape index (κ2) is 8.98. The number of ether oxygens (including phenoxy) is 1. The third kappa shape index (κ3) is 4.23. The number of rotatable bonds is 6. The van der Waals surface area contributed by atoms with Crippen LogP contribution in [0.3, 0.4) is 0 Å². The molecule has 0 spiro atoms. The van der Waals surface area contributed by atoms with Crippen LogP contribution in [0.15, 0.2) is 60.1 Å². The Hall–Kier alpha value is -3.06. The van der Waals surface area contributed by atoms with Crippen LogP contribution in [0, 0.1) is 0 Å². The predicted octanol–water partition coefficient (Wildman–Crippen LogP) is 4.04. The fourth-order valence-electron chi connectivity index (χ4n) is 4.08. The van der Waals surface area contributed by atoms with E-state index in [1.54, 1.807) is 18.1 Å². The Balaban J connectivity index is 1.64. The number of fused-ring (bicyclic) bond motifs is 1. The topological polar surface area (TPSA) is 54.8 Å². The van der Waals surface area contributed by atoms with Crippen molar-refractivity contribution in [3.63, 3.8) is 0 Å². The van der Waals surface area contributed by atoms with Crippen LogP contribution >= 0.6 is 11.3 Å². The van der Waals surface area contributed by atoms with Crippen LogP contribution in [-0.4, -0.2) is 52.4 Å². The van der Waals surface area contributed by atoms with Crippen molar-refractivity contribution in [2.75, 3.05) is 20.2 Å². The van der Waals surface area contributed by atoms with E-state index in [0.29, 0.717) is 11.4 Å². The molecule has 1 aromatic carbocycles. The Morgan fingerprint density at radius 2 is 2.00 bits per heavy atom. The molecule has 4 rings (SSSR count). The molecule has 1 aliphatic rings. The summed E-state index contributed by atoms with van der Waals surface area (Å²) in [5.41, 5.74) is 2.06. The van der Waals surface area contributed by atoms with Crippen molar-refractivity contribution in [2.24, 2.45) is 0 Å². The molecule has 2 aromatic heterocycles. The minimum atomic E-state index is -0.225. The molecule has 0 fully saturated rings. The average Bonchev–Trinajstić information content (AvgIpc) is 3.48. The van der Waals surface area contributed by atoms with Crippen LogP contribution < -0.4 is 4.74 Å². The lowest BCUT2D eigenvalue weighted by atomic mass is 9.99. The molecule has 1 aliphatic heterocycles. The second-order valence-electron chi connectivity index (χ2n) is 7.90. The summed E-state index contributed by atoms with van der Waals surface area (Å²) in [7, 11) is 1.64. The zero-order valence-corrected chi connectivity index (χ0v) is 18.8. The van der Waals surface area contributed by atoms with Gasteiger partial charge in [-0.15, -0.1) is 11.3 Å². The number of benzene rings is 1. The average molecular weight is 438 g/mol. The standard InChI is InChI=1S/C24H27N3O3S/c1-17(2)27(24(29)21-10-6-14-31-21)16-22(28)26-13-12-25-11-5-9-20(25)23(26)18-7-4-8-19(15-18)30-3/h4-11,14-15,17,23H,12-13,16H2,1-3H3. The zero-order valence-electron chi connectivity index (χ0n) is 18.0. The summed E-state index contributed by atoms with van der Waals surface area (Å²) in [6, 6.07) is 15.3. The van der Waals surface area contributed by atoms with E-state index in [4.69, 9.17) is 4.74 Å². The van der Waals surface area contributed by atoms with Gasteiger partial charge in [-0.2, -0.15) is 0 Å². The number of methoxy groups -OCH3 is 1. The first-order valence-electron chi connectivity index (χ1n) is 10.4. The molecule has 6 nitrogen and oxygen atoms in total. The molecule has 2 amide bonds. The fraction of sp³-hybridized carbons (Fsp3) is 0.333. The number of carbonyl (C=O) groups excluding carboxylic acids is 2. The van der Waals surface area contributed by atoms with E-state index in [9.17, 15) is 9.59 Å². The number of thiophene rings is 1. The highest BCUT2D eigenvalue weighted by atomic mass is 32.1. The van der Waals surface area contributed by atoms with Gasteiger partial charge in [0.05, 0.1) is 18.0 Å². The highest BCUT2D eigenvalue weighted by Gasteiger charge is 2.34. The maximum atomic E-state index is 13.6. The van der Waals surface area contributed by atoms with Gasteiger partial charge in [-0.25, -0.2) is 0 Å². The lowest BCUT2D eigenvalue weighted by Gasteiger charge is -2.39. The van der Waals surface area contributed by atoms with Gasteiger partial charge in [0.1, 0.15) is 12.3 Å².